The second kappa shape index (κ2) is 7.67. The van der Waals surface area contributed by atoms with Gasteiger partial charge in [0, 0.05) is 48.7 Å². The monoisotopic (exact) mass is 371 g/mol. The Hall–Kier alpha value is -4.07. The number of nitrogen functional groups attached to an aromatic ring is 1. The van der Waals surface area contributed by atoms with Gasteiger partial charge in [0.1, 0.15) is 0 Å². The summed E-state index contributed by atoms with van der Waals surface area (Å²) in [5.41, 5.74) is 9.28. The van der Waals surface area contributed by atoms with Crippen molar-refractivity contribution in [1.29, 1.82) is 0 Å². The minimum Gasteiger partial charge on any atom is -0.382 e. The van der Waals surface area contributed by atoms with Crippen LogP contribution in [0.3, 0.4) is 0 Å². The number of hydrogen-bond acceptors (Lipinski definition) is 6. The summed E-state index contributed by atoms with van der Waals surface area (Å²) in [7, 11) is 0. The molecular formula is C20H17N7O. The van der Waals surface area contributed by atoms with Crippen molar-refractivity contribution in [2.24, 2.45) is 0 Å². The van der Waals surface area contributed by atoms with E-state index in [0.717, 1.165) is 22.5 Å². The maximum absolute atomic E-state index is 12.4. The molecule has 3 N–H and O–H groups in total. The number of benzene rings is 1. The van der Waals surface area contributed by atoms with Gasteiger partial charge in [0.05, 0.1) is 11.4 Å². The first-order chi connectivity index (χ1) is 13.7. The Bertz CT molecular complexity index is 1090. The third kappa shape index (κ3) is 3.56. The fourth-order valence-electron chi connectivity index (χ4n) is 2.79. The molecule has 0 saturated carbocycles. The smallest absolute Gasteiger partial charge is 0.273 e. The molecule has 0 spiro atoms. The number of anilines is 1. The van der Waals surface area contributed by atoms with E-state index < -0.39 is 5.91 Å². The molecule has 1 amide bonds. The molecule has 8 heteroatoms. The standard InChI is InChI=1S/C20H17N7O/c21-19-18(23-10-11-24-19)20(28)25-12-15-13-27(16-4-2-1-3-5-16)26-17(15)14-6-8-22-9-7-14/h1-11,13H,12H2,(H2,21,24)(H,25,28). The van der Waals surface area contributed by atoms with E-state index in [1.807, 2.05) is 48.7 Å². The van der Waals surface area contributed by atoms with Crippen LogP contribution in [0.5, 0.6) is 0 Å². The van der Waals surface area contributed by atoms with Crippen LogP contribution in [0.4, 0.5) is 5.82 Å². The minimum atomic E-state index is -0.390. The van der Waals surface area contributed by atoms with Crippen molar-refractivity contribution in [3.63, 3.8) is 0 Å². The topological polar surface area (TPSA) is 112 Å². The van der Waals surface area contributed by atoms with Gasteiger partial charge in [-0.05, 0) is 24.3 Å². The summed E-state index contributed by atoms with van der Waals surface area (Å²) in [6, 6.07) is 13.5. The lowest BCUT2D eigenvalue weighted by molar-refractivity contribution is 0.0946. The number of aromatic nitrogens is 5. The number of carbonyl (C=O) groups is 1. The highest BCUT2D eigenvalue weighted by Crippen LogP contribution is 2.23. The van der Waals surface area contributed by atoms with Crippen LogP contribution in [-0.2, 0) is 6.54 Å². The van der Waals surface area contributed by atoms with Crippen LogP contribution >= 0.6 is 0 Å². The molecule has 4 rings (SSSR count). The van der Waals surface area contributed by atoms with Crippen molar-refractivity contribution >= 4 is 11.7 Å². The Kier molecular flexibility index (Phi) is 4.75. The molecule has 28 heavy (non-hydrogen) atoms. The molecule has 1 aromatic carbocycles. The number of para-hydroxylation sites is 1. The third-order valence-electron chi connectivity index (χ3n) is 4.15. The minimum absolute atomic E-state index is 0.0920. The zero-order chi connectivity index (χ0) is 19.3. The number of nitrogens with two attached hydrogens (primary N) is 1. The maximum atomic E-state index is 12.4. The van der Waals surface area contributed by atoms with Gasteiger partial charge < -0.3 is 11.1 Å². The first-order valence-electron chi connectivity index (χ1n) is 8.61. The Morgan fingerprint density at radius 3 is 2.50 bits per heavy atom. The predicted molar refractivity (Wildman–Crippen MR) is 104 cm³/mol. The predicted octanol–water partition coefficient (Wildman–Crippen LogP) is 2.24. The molecular weight excluding hydrogens is 354 g/mol. The van der Waals surface area contributed by atoms with Crippen molar-refractivity contribution in [3.8, 4) is 16.9 Å². The number of amides is 1. The van der Waals surface area contributed by atoms with Crippen LogP contribution in [0.2, 0.25) is 0 Å². The van der Waals surface area contributed by atoms with E-state index in [9.17, 15) is 4.79 Å². The number of pyridine rings is 1. The second-order valence-electron chi connectivity index (χ2n) is 5.99. The van der Waals surface area contributed by atoms with Crippen molar-refractivity contribution in [2.45, 2.75) is 6.54 Å². The molecule has 0 aliphatic rings. The average Bonchev–Trinajstić information content (AvgIpc) is 3.18. The van der Waals surface area contributed by atoms with Gasteiger partial charge in [-0.25, -0.2) is 14.6 Å². The Balaban J connectivity index is 1.64. The van der Waals surface area contributed by atoms with Crippen LogP contribution in [0.25, 0.3) is 16.9 Å². The van der Waals surface area contributed by atoms with E-state index in [1.54, 1.807) is 17.1 Å². The van der Waals surface area contributed by atoms with E-state index in [4.69, 9.17) is 10.8 Å². The lowest BCUT2D eigenvalue weighted by Crippen LogP contribution is -2.25. The Labute approximate surface area is 161 Å². The van der Waals surface area contributed by atoms with Crippen LogP contribution in [0.1, 0.15) is 16.1 Å². The number of hydrogen-bond donors (Lipinski definition) is 2. The van der Waals surface area contributed by atoms with E-state index in [2.05, 4.69) is 20.3 Å². The van der Waals surface area contributed by atoms with E-state index in [-0.39, 0.29) is 18.1 Å². The van der Waals surface area contributed by atoms with Crippen molar-refractivity contribution in [1.82, 2.24) is 30.0 Å². The fraction of sp³-hybridized carbons (Fsp3) is 0.0500. The van der Waals surface area contributed by atoms with Crippen LogP contribution in [0.15, 0.2) is 73.4 Å². The summed E-state index contributed by atoms with van der Waals surface area (Å²) in [5.74, 6) is -0.298. The highest BCUT2D eigenvalue weighted by atomic mass is 16.1. The van der Waals surface area contributed by atoms with Gasteiger partial charge in [0.15, 0.2) is 11.5 Å². The highest BCUT2D eigenvalue weighted by molar-refractivity contribution is 5.96. The molecule has 0 fully saturated rings. The molecule has 0 bridgehead atoms. The number of rotatable bonds is 5. The van der Waals surface area contributed by atoms with Crippen LogP contribution in [0, 0.1) is 0 Å². The van der Waals surface area contributed by atoms with Gasteiger partial charge in [-0.1, -0.05) is 18.2 Å². The summed E-state index contributed by atoms with van der Waals surface area (Å²) in [6.07, 6.45) is 8.18. The van der Waals surface area contributed by atoms with Gasteiger partial charge in [-0.3, -0.25) is 9.78 Å². The van der Waals surface area contributed by atoms with Gasteiger partial charge in [-0.15, -0.1) is 0 Å². The van der Waals surface area contributed by atoms with E-state index >= 15 is 0 Å². The second-order valence-corrected chi connectivity index (χ2v) is 5.99. The van der Waals surface area contributed by atoms with Crippen molar-refractivity contribution in [2.75, 3.05) is 5.73 Å². The first kappa shape index (κ1) is 17.3. The van der Waals surface area contributed by atoms with E-state index in [0.29, 0.717) is 0 Å². The van der Waals surface area contributed by atoms with Gasteiger partial charge in [0.25, 0.3) is 5.91 Å². The SMILES string of the molecule is Nc1nccnc1C(=O)NCc1cn(-c2ccccc2)nc1-c1ccncc1. The molecule has 0 aliphatic heterocycles. The van der Waals surface area contributed by atoms with Crippen LogP contribution < -0.4 is 11.1 Å². The van der Waals surface area contributed by atoms with Gasteiger partial charge in [0.2, 0.25) is 0 Å². The molecule has 0 atom stereocenters. The molecule has 0 aliphatic carbocycles. The summed E-state index contributed by atoms with van der Waals surface area (Å²) < 4.78 is 1.79. The zero-order valence-electron chi connectivity index (χ0n) is 14.9. The molecule has 3 aromatic heterocycles. The normalized spacial score (nSPS) is 10.6. The zero-order valence-corrected chi connectivity index (χ0v) is 14.9. The molecule has 0 saturated heterocycles. The molecule has 3 heterocycles. The van der Waals surface area contributed by atoms with Gasteiger partial charge in [-0.2, -0.15) is 5.10 Å². The summed E-state index contributed by atoms with van der Waals surface area (Å²) in [6.45, 7) is 0.263. The number of nitrogens with zero attached hydrogens (tertiary/aromatic N) is 5. The lowest BCUT2D eigenvalue weighted by Gasteiger charge is -2.06. The maximum Gasteiger partial charge on any atom is 0.273 e. The molecule has 4 aromatic rings. The fourth-order valence-corrected chi connectivity index (χ4v) is 2.79. The van der Waals surface area contributed by atoms with E-state index in [1.165, 1.54) is 12.4 Å². The van der Waals surface area contributed by atoms with Gasteiger partial charge >= 0.3 is 0 Å². The Morgan fingerprint density at radius 2 is 1.75 bits per heavy atom. The first-order valence-corrected chi connectivity index (χ1v) is 8.61. The van der Waals surface area contributed by atoms with Crippen LogP contribution in [-0.4, -0.2) is 30.6 Å². The third-order valence-corrected chi connectivity index (χ3v) is 4.15. The quantitative estimate of drug-likeness (QED) is 0.556. The largest absolute Gasteiger partial charge is 0.382 e. The molecule has 8 nitrogen and oxygen atoms in total. The molecule has 138 valence electrons. The highest BCUT2D eigenvalue weighted by Gasteiger charge is 2.16. The Morgan fingerprint density at radius 1 is 1.00 bits per heavy atom. The number of nitrogens with one attached hydrogen (secondary N) is 1. The lowest BCUT2D eigenvalue weighted by atomic mass is 10.1. The van der Waals surface area contributed by atoms with Crippen molar-refractivity contribution < 1.29 is 4.79 Å². The van der Waals surface area contributed by atoms with Crippen molar-refractivity contribution in [3.05, 3.63) is 84.7 Å². The summed E-state index contributed by atoms with van der Waals surface area (Å²) >= 11 is 0. The summed E-state index contributed by atoms with van der Waals surface area (Å²) in [5, 5.41) is 7.54. The number of carbonyl (C=O) groups excluding carboxylic acids is 1. The molecule has 0 radical (unpaired) electrons. The average molecular weight is 371 g/mol. The molecule has 0 unspecified atom stereocenters. The summed E-state index contributed by atoms with van der Waals surface area (Å²) in [4.78, 5) is 24.4.